The van der Waals surface area contributed by atoms with Gasteiger partial charge in [-0.2, -0.15) is 0 Å². The Hall–Kier alpha value is -1.94. The van der Waals surface area contributed by atoms with Crippen molar-refractivity contribution in [2.45, 2.75) is 497 Å². The van der Waals surface area contributed by atoms with Crippen LogP contribution in [0.3, 0.4) is 0 Å². The van der Waals surface area contributed by atoms with Gasteiger partial charge in [0.25, 0.3) is 0 Å². The van der Waals surface area contributed by atoms with Crippen molar-refractivity contribution >= 4 is 39.5 Å². The van der Waals surface area contributed by atoms with Gasteiger partial charge in [0.1, 0.15) is 19.3 Å². The number of phosphoric ester groups is 2. The zero-order valence-electron chi connectivity index (χ0n) is 72.0. The Bertz CT molecular complexity index is 2100. The molecule has 0 heterocycles. The van der Waals surface area contributed by atoms with E-state index in [0.29, 0.717) is 31.6 Å². The molecule has 0 aliphatic rings. The van der Waals surface area contributed by atoms with Gasteiger partial charge in [-0.3, -0.25) is 37.3 Å². The van der Waals surface area contributed by atoms with E-state index < -0.39 is 97.5 Å². The third kappa shape index (κ3) is 83.8. The Morgan fingerprint density at radius 3 is 0.624 bits per heavy atom. The number of aliphatic hydroxyl groups is 1. The first-order valence-corrected chi connectivity index (χ1v) is 49.3. The average molecular weight is 1590 g/mol. The van der Waals surface area contributed by atoms with Crippen LogP contribution in [0.2, 0.25) is 0 Å². The summed E-state index contributed by atoms with van der Waals surface area (Å²) in [5, 5.41) is 10.7. The molecule has 0 fully saturated rings. The molecular formula is C90H176O17P2. The van der Waals surface area contributed by atoms with Crippen LogP contribution >= 0.6 is 15.6 Å². The fraction of sp³-hybridized carbons (Fsp3) is 0.956. The number of hydrogen-bond acceptors (Lipinski definition) is 15. The monoisotopic (exact) mass is 1590 g/mol. The minimum atomic E-state index is -4.97. The molecule has 5 atom stereocenters. The van der Waals surface area contributed by atoms with E-state index in [9.17, 15) is 43.2 Å². The van der Waals surface area contributed by atoms with Crippen LogP contribution in [0.15, 0.2) is 0 Å². The number of aliphatic hydroxyl groups excluding tert-OH is 1. The summed E-state index contributed by atoms with van der Waals surface area (Å²) in [4.78, 5) is 73.3. The molecule has 0 radical (unpaired) electrons. The number of esters is 4. The molecule has 0 spiro atoms. The number of unbranched alkanes of at least 4 members (excludes halogenated alkanes) is 56. The maximum Gasteiger partial charge on any atom is 0.472 e. The molecule has 0 aliphatic heterocycles. The number of rotatable bonds is 88. The standard InChI is InChI=1S/C90H176O17P2/c1-8-9-10-11-12-13-14-15-16-17-18-19-20-24-29-34-39-44-49-57-64-71-87(92)100-77-85(106-89(94)73-66-59-50-45-40-35-30-25-22-21-23-27-32-37-42-47-54-61-68-81(2)3)79-104-108(96,97)102-75-84(91)76-103-109(98,99)105-80-86(78-101-88(93)72-65-58-53-52-56-63-70-83(6)7)107-90(95)74-67-60-51-46-41-36-31-26-28-33-38-43-48-55-62-69-82(4)5/h81-86,91H,8-80H2,1-7H3,(H,96,97)(H,98,99)/t84-,85-,86-/m1/s1. The van der Waals surface area contributed by atoms with E-state index in [0.717, 1.165) is 108 Å². The van der Waals surface area contributed by atoms with Crippen LogP contribution < -0.4 is 0 Å². The van der Waals surface area contributed by atoms with Gasteiger partial charge in [0, 0.05) is 25.7 Å². The fourth-order valence-electron chi connectivity index (χ4n) is 14.1. The van der Waals surface area contributed by atoms with E-state index in [-0.39, 0.29) is 25.7 Å². The summed E-state index contributed by atoms with van der Waals surface area (Å²) >= 11 is 0. The normalized spacial score (nSPS) is 13.8. The molecule has 0 saturated heterocycles. The van der Waals surface area contributed by atoms with Gasteiger partial charge in [0.15, 0.2) is 12.2 Å². The summed E-state index contributed by atoms with van der Waals surface area (Å²) in [5.74, 6) is 0.199. The van der Waals surface area contributed by atoms with Crippen LogP contribution in [0.25, 0.3) is 0 Å². The second-order valence-electron chi connectivity index (χ2n) is 33.8. The predicted octanol–water partition coefficient (Wildman–Crippen LogP) is 27.6. The average Bonchev–Trinajstić information content (AvgIpc) is 0.896. The molecular weight excluding hydrogens is 1410 g/mol. The minimum Gasteiger partial charge on any atom is -0.462 e. The minimum absolute atomic E-state index is 0.107. The molecule has 0 bridgehead atoms. The molecule has 0 rings (SSSR count). The maximum atomic E-state index is 13.2. The number of carbonyl (C=O) groups excluding carboxylic acids is 4. The van der Waals surface area contributed by atoms with E-state index in [1.165, 1.54) is 283 Å². The highest BCUT2D eigenvalue weighted by Gasteiger charge is 2.31. The van der Waals surface area contributed by atoms with Gasteiger partial charge in [0.05, 0.1) is 26.4 Å². The zero-order valence-corrected chi connectivity index (χ0v) is 73.8. The molecule has 648 valence electrons. The Morgan fingerprint density at radius 2 is 0.422 bits per heavy atom. The zero-order chi connectivity index (χ0) is 80.0. The first-order chi connectivity index (χ1) is 52.7. The molecule has 0 saturated carbocycles. The van der Waals surface area contributed by atoms with Gasteiger partial charge >= 0.3 is 39.5 Å². The molecule has 0 aromatic heterocycles. The first kappa shape index (κ1) is 107. The molecule has 0 aromatic carbocycles. The highest BCUT2D eigenvalue weighted by atomic mass is 31.2. The van der Waals surface area contributed by atoms with Crippen LogP contribution in [-0.4, -0.2) is 96.7 Å². The van der Waals surface area contributed by atoms with Crippen molar-refractivity contribution in [3.8, 4) is 0 Å². The lowest BCUT2D eigenvalue weighted by atomic mass is 10.0. The predicted molar refractivity (Wildman–Crippen MR) is 451 cm³/mol. The Balaban J connectivity index is 5.20. The Labute approximate surface area is 670 Å². The molecule has 109 heavy (non-hydrogen) atoms. The van der Waals surface area contributed by atoms with Crippen molar-refractivity contribution in [3.05, 3.63) is 0 Å². The Morgan fingerprint density at radius 1 is 0.248 bits per heavy atom. The van der Waals surface area contributed by atoms with Crippen molar-refractivity contribution in [1.29, 1.82) is 0 Å². The molecule has 0 aliphatic carbocycles. The van der Waals surface area contributed by atoms with Crippen molar-refractivity contribution in [3.63, 3.8) is 0 Å². The Kier molecular flexibility index (Phi) is 78.5. The molecule has 0 aromatic rings. The maximum absolute atomic E-state index is 13.2. The van der Waals surface area contributed by atoms with Crippen LogP contribution in [0.1, 0.15) is 479 Å². The van der Waals surface area contributed by atoms with E-state index >= 15 is 0 Å². The second kappa shape index (κ2) is 79.9. The summed E-state index contributed by atoms with van der Waals surface area (Å²) in [6.45, 7) is 12.0. The first-order valence-electron chi connectivity index (χ1n) is 46.3. The number of carbonyl (C=O) groups is 4. The van der Waals surface area contributed by atoms with Crippen LogP contribution in [0.4, 0.5) is 0 Å². The number of hydrogen-bond donors (Lipinski definition) is 3. The summed E-state index contributed by atoms with van der Waals surface area (Å²) < 4.78 is 69.0. The summed E-state index contributed by atoms with van der Waals surface area (Å²) in [7, 11) is -9.93. The van der Waals surface area contributed by atoms with Gasteiger partial charge in [-0.05, 0) is 43.4 Å². The van der Waals surface area contributed by atoms with Gasteiger partial charge in [0.2, 0.25) is 0 Å². The van der Waals surface area contributed by atoms with Crippen molar-refractivity contribution in [2.24, 2.45) is 17.8 Å². The number of ether oxygens (including phenoxy) is 4. The lowest BCUT2D eigenvalue weighted by Gasteiger charge is -2.21. The fourth-order valence-corrected chi connectivity index (χ4v) is 15.7. The largest absolute Gasteiger partial charge is 0.472 e. The topological polar surface area (TPSA) is 237 Å². The van der Waals surface area contributed by atoms with Crippen LogP contribution in [-0.2, 0) is 65.4 Å². The quantitative estimate of drug-likeness (QED) is 0.0222. The summed E-state index contributed by atoms with van der Waals surface area (Å²) in [6, 6.07) is 0. The third-order valence-corrected chi connectivity index (χ3v) is 23.0. The van der Waals surface area contributed by atoms with Crippen molar-refractivity contribution < 1.29 is 80.2 Å². The van der Waals surface area contributed by atoms with Crippen LogP contribution in [0.5, 0.6) is 0 Å². The smallest absolute Gasteiger partial charge is 0.462 e. The highest BCUT2D eigenvalue weighted by Crippen LogP contribution is 2.45. The molecule has 19 heteroatoms. The van der Waals surface area contributed by atoms with E-state index in [1.807, 2.05) is 0 Å². The van der Waals surface area contributed by atoms with E-state index in [1.54, 1.807) is 0 Å². The highest BCUT2D eigenvalue weighted by molar-refractivity contribution is 7.47. The second-order valence-corrected chi connectivity index (χ2v) is 36.7. The SMILES string of the molecule is CCCCCCCCCCCCCCCCCCCCCCCC(=O)OC[C@H](COP(=O)(O)OC[C@@H](O)COP(=O)(O)OC[C@@H](COC(=O)CCCCCCCCC(C)C)OC(=O)CCCCCCCCCCCCCCCCCC(C)C)OC(=O)CCCCCCCCCCCCCCCCCCCCC(C)C. The lowest BCUT2D eigenvalue weighted by molar-refractivity contribution is -0.161. The van der Waals surface area contributed by atoms with Gasteiger partial charge < -0.3 is 33.8 Å². The van der Waals surface area contributed by atoms with Gasteiger partial charge in [-0.15, -0.1) is 0 Å². The molecule has 2 unspecified atom stereocenters. The summed E-state index contributed by atoms with van der Waals surface area (Å²) in [6.07, 6.45) is 72.6. The van der Waals surface area contributed by atoms with E-state index in [2.05, 4.69) is 48.5 Å². The number of phosphoric acid groups is 2. The third-order valence-electron chi connectivity index (χ3n) is 21.1. The van der Waals surface area contributed by atoms with Crippen LogP contribution in [0, 0.1) is 17.8 Å². The van der Waals surface area contributed by atoms with E-state index in [4.69, 9.17) is 37.0 Å². The summed E-state index contributed by atoms with van der Waals surface area (Å²) in [5.41, 5.74) is 0. The van der Waals surface area contributed by atoms with Crippen molar-refractivity contribution in [2.75, 3.05) is 39.6 Å². The molecule has 17 nitrogen and oxygen atoms in total. The van der Waals surface area contributed by atoms with Gasteiger partial charge in [-0.25, -0.2) is 9.13 Å². The van der Waals surface area contributed by atoms with Gasteiger partial charge in [-0.1, -0.05) is 427 Å². The lowest BCUT2D eigenvalue weighted by Crippen LogP contribution is -2.30. The molecule has 0 amide bonds. The van der Waals surface area contributed by atoms with Crippen molar-refractivity contribution in [1.82, 2.24) is 0 Å². The molecule has 3 N–H and O–H groups in total.